The van der Waals surface area contributed by atoms with Gasteiger partial charge in [-0.2, -0.15) is 0 Å². The van der Waals surface area contributed by atoms with Crippen LogP contribution in [0.15, 0.2) is 48.5 Å². The number of carbonyl (C=O) groups excluding carboxylic acids is 2. The van der Waals surface area contributed by atoms with Crippen molar-refractivity contribution in [3.05, 3.63) is 69.7 Å². The SMILES string of the molecule is CCCNC(=O)[C@@H](C)N(Cc1ccccc1Cl)C(=O)Cc1cccc(Cl)c1. The Bertz CT molecular complexity index is 795. The Morgan fingerprint density at radius 3 is 2.52 bits per heavy atom. The van der Waals surface area contributed by atoms with Crippen molar-refractivity contribution in [3.63, 3.8) is 0 Å². The third-order valence-electron chi connectivity index (χ3n) is 4.26. The molecular formula is C21H24Cl2N2O2. The largest absolute Gasteiger partial charge is 0.354 e. The van der Waals surface area contributed by atoms with E-state index in [2.05, 4.69) is 5.32 Å². The molecule has 0 aliphatic rings. The van der Waals surface area contributed by atoms with E-state index in [1.807, 2.05) is 31.2 Å². The molecule has 1 N–H and O–H groups in total. The highest BCUT2D eigenvalue weighted by molar-refractivity contribution is 6.31. The van der Waals surface area contributed by atoms with E-state index >= 15 is 0 Å². The summed E-state index contributed by atoms with van der Waals surface area (Å²) in [6, 6.07) is 13.9. The molecule has 27 heavy (non-hydrogen) atoms. The lowest BCUT2D eigenvalue weighted by atomic mass is 10.1. The van der Waals surface area contributed by atoms with E-state index in [0.717, 1.165) is 17.5 Å². The van der Waals surface area contributed by atoms with E-state index in [0.29, 0.717) is 16.6 Å². The molecule has 4 nitrogen and oxygen atoms in total. The van der Waals surface area contributed by atoms with Gasteiger partial charge in [0.05, 0.1) is 6.42 Å². The highest BCUT2D eigenvalue weighted by Gasteiger charge is 2.26. The van der Waals surface area contributed by atoms with Crippen LogP contribution in [0.1, 0.15) is 31.4 Å². The summed E-state index contributed by atoms with van der Waals surface area (Å²) in [5, 5.41) is 4.00. The van der Waals surface area contributed by atoms with Crippen LogP contribution in [0.5, 0.6) is 0 Å². The molecule has 0 aliphatic carbocycles. The van der Waals surface area contributed by atoms with E-state index in [1.165, 1.54) is 0 Å². The van der Waals surface area contributed by atoms with Gasteiger partial charge in [0.2, 0.25) is 11.8 Å². The molecule has 0 saturated heterocycles. The van der Waals surface area contributed by atoms with Crippen molar-refractivity contribution >= 4 is 35.0 Å². The number of amides is 2. The lowest BCUT2D eigenvalue weighted by Crippen LogP contribution is -2.48. The number of rotatable bonds is 8. The van der Waals surface area contributed by atoms with Gasteiger partial charge in [-0.05, 0) is 42.7 Å². The first-order valence-electron chi connectivity index (χ1n) is 8.97. The van der Waals surface area contributed by atoms with Gasteiger partial charge in [0.15, 0.2) is 0 Å². The molecule has 2 aromatic carbocycles. The Hall–Kier alpha value is -2.04. The maximum absolute atomic E-state index is 13.0. The van der Waals surface area contributed by atoms with Crippen molar-refractivity contribution in [2.45, 2.75) is 39.3 Å². The van der Waals surface area contributed by atoms with E-state index in [-0.39, 0.29) is 24.8 Å². The Morgan fingerprint density at radius 1 is 1.11 bits per heavy atom. The van der Waals surface area contributed by atoms with Crippen LogP contribution in [0.25, 0.3) is 0 Å². The molecule has 2 aromatic rings. The van der Waals surface area contributed by atoms with Crippen LogP contribution < -0.4 is 5.32 Å². The molecule has 0 saturated carbocycles. The van der Waals surface area contributed by atoms with Gasteiger partial charge in [-0.25, -0.2) is 0 Å². The standard InChI is InChI=1S/C21H24Cl2N2O2/c1-3-11-24-21(27)15(2)25(14-17-8-4-5-10-19(17)23)20(26)13-16-7-6-9-18(22)12-16/h4-10,12,15H,3,11,13-14H2,1-2H3,(H,24,27)/t15-/m1/s1. The Kier molecular flexibility index (Phi) is 8.14. The van der Waals surface area contributed by atoms with Crippen LogP contribution in [0.3, 0.4) is 0 Å². The second-order valence-corrected chi connectivity index (χ2v) is 7.23. The number of hydrogen-bond donors (Lipinski definition) is 1. The normalized spacial score (nSPS) is 11.7. The van der Waals surface area contributed by atoms with Gasteiger partial charge in [-0.15, -0.1) is 0 Å². The fraction of sp³-hybridized carbons (Fsp3) is 0.333. The zero-order chi connectivity index (χ0) is 19.8. The summed E-state index contributed by atoms with van der Waals surface area (Å²) in [5.41, 5.74) is 1.60. The molecular weight excluding hydrogens is 383 g/mol. The summed E-state index contributed by atoms with van der Waals surface area (Å²) in [6.45, 7) is 4.56. The van der Waals surface area contributed by atoms with E-state index < -0.39 is 6.04 Å². The van der Waals surface area contributed by atoms with Crippen molar-refractivity contribution in [3.8, 4) is 0 Å². The molecule has 144 valence electrons. The maximum Gasteiger partial charge on any atom is 0.242 e. The van der Waals surface area contributed by atoms with Crippen LogP contribution in [0, 0.1) is 0 Å². The van der Waals surface area contributed by atoms with Gasteiger partial charge in [0.1, 0.15) is 6.04 Å². The highest BCUT2D eigenvalue weighted by Crippen LogP contribution is 2.20. The van der Waals surface area contributed by atoms with Crippen molar-refractivity contribution < 1.29 is 9.59 Å². The van der Waals surface area contributed by atoms with Crippen LogP contribution in [0.4, 0.5) is 0 Å². The van der Waals surface area contributed by atoms with Gasteiger partial charge in [0.25, 0.3) is 0 Å². The van der Waals surface area contributed by atoms with Gasteiger partial charge >= 0.3 is 0 Å². The molecule has 0 aliphatic heterocycles. The average Bonchev–Trinajstić information content (AvgIpc) is 2.64. The maximum atomic E-state index is 13.0. The topological polar surface area (TPSA) is 49.4 Å². The molecule has 0 fully saturated rings. The minimum atomic E-state index is -0.612. The first-order valence-corrected chi connectivity index (χ1v) is 9.73. The summed E-state index contributed by atoms with van der Waals surface area (Å²) >= 11 is 12.3. The Labute approximate surface area is 170 Å². The minimum Gasteiger partial charge on any atom is -0.354 e. The number of benzene rings is 2. The van der Waals surface area contributed by atoms with Crippen molar-refractivity contribution in [2.75, 3.05) is 6.54 Å². The van der Waals surface area contributed by atoms with Gasteiger partial charge in [0, 0.05) is 23.1 Å². The fourth-order valence-electron chi connectivity index (χ4n) is 2.71. The lowest BCUT2D eigenvalue weighted by molar-refractivity contribution is -0.140. The average molecular weight is 407 g/mol. The molecule has 0 bridgehead atoms. The molecule has 2 amide bonds. The zero-order valence-electron chi connectivity index (χ0n) is 15.5. The second-order valence-electron chi connectivity index (χ2n) is 6.39. The summed E-state index contributed by atoms with van der Waals surface area (Å²) in [4.78, 5) is 27.1. The van der Waals surface area contributed by atoms with E-state index in [9.17, 15) is 9.59 Å². The number of nitrogens with one attached hydrogen (secondary N) is 1. The summed E-state index contributed by atoms with van der Waals surface area (Å²) < 4.78 is 0. The van der Waals surface area contributed by atoms with Crippen molar-refractivity contribution in [1.82, 2.24) is 10.2 Å². The molecule has 1 atom stereocenters. The zero-order valence-corrected chi connectivity index (χ0v) is 17.1. The molecule has 0 spiro atoms. The molecule has 0 radical (unpaired) electrons. The molecule has 2 rings (SSSR count). The number of nitrogens with zero attached hydrogens (tertiary/aromatic N) is 1. The van der Waals surface area contributed by atoms with Gasteiger partial charge in [-0.3, -0.25) is 9.59 Å². The van der Waals surface area contributed by atoms with Crippen molar-refractivity contribution in [1.29, 1.82) is 0 Å². The third kappa shape index (κ3) is 6.26. The molecule has 6 heteroatoms. The minimum absolute atomic E-state index is 0.156. The third-order valence-corrected chi connectivity index (χ3v) is 4.86. The summed E-state index contributed by atoms with van der Waals surface area (Å²) in [7, 11) is 0. The first-order chi connectivity index (χ1) is 12.9. The number of halogens is 2. The van der Waals surface area contributed by atoms with E-state index in [4.69, 9.17) is 23.2 Å². The Morgan fingerprint density at radius 2 is 1.85 bits per heavy atom. The van der Waals surface area contributed by atoms with Crippen molar-refractivity contribution in [2.24, 2.45) is 0 Å². The van der Waals surface area contributed by atoms with Crippen LogP contribution >= 0.6 is 23.2 Å². The fourth-order valence-corrected chi connectivity index (χ4v) is 3.12. The summed E-state index contributed by atoms with van der Waals surface area (Å²) in [5.74, 6) is -0.334. The van der Waals surface area contributed by atoms with E-state index in [1.54, 1.807) is 36.1 Å². The number of hydrogen-bond acceptors (Lipinski definition) is 2. The Balaban J connectivity index is 2.23. The van der Waals surface area contributed by atoms with Gasteiger partial charge < -0.3 is 10.2 Å². The van der Waals surface area contributed by atoms with Gasteiger partial charge in [-0.1, -0.05) is 60.5 Å². The summed E-state index contributed by atoms with van der Waals surface area (Å²) in [6.07, 6.45) is 0.996. The van der Waals surface area contributed by atoms with Crippen LogP contribution in [0.2, 0.25) is 10.0 Å². The molecule has 0 unspecified atom stereocenters. The monoisotopic (exact) mass is 406 g/mol. The smallest absolute Gasteiger partial charge is 0.242 e. The highest BCUT2D eigenvalue weighted by atomic mass is 35.5. The quantitative estimate of drug-likeness (QED) is 0.702. The first kappa shape index (κ1) is 21.3. The predicted molar refractivity (Wildman–Crippen MR) is 110 cm³/mol. The lowest BCUT2D eigenvalue weighted by Gasteiger charge is -2.29. The van der Waals surface area contributed by atoms with Crippen LogP contribution in [-0.4, -0.2) is 29.3 Å². The second kappa shape index (κ2) is 10.3. The predicted octanol–water partition coefficient (Wildman–Crippen LogP) is 4.48. The number of carbonyl (C=O) groups is 2. The molecule has 0 heterocycles. The van der Waals surface area contributed by atoms with Crippen LogP contribution in [-0.2, 0) is 22.6 Å². The molecule has 0 aromatic heterocycles.